The molecular weight excluding hydrogens is 228 g/mol. The molecule has 1 atom stereocenters. The van der Waals surface area contributed by atoms with Gasteiger partial charge in [-0.05, 0) is 12.8 Å². The molecule has 92 valence electrons. The fourth-order valence-corrected chi connectivity index (χ4v) is 1.99. The first-order valence-corrected chi connectivity index (χ1v) is 5.04. The summed E-state index contributed by atoms with van der Waals surface area (Å²) in [4.78, 5) is 21.7. The molecule has 0 saturated heterocycles. The molecule has 2 rings (SSSR count). The van der Waals surface area contributed by atoms with Crippen molar-refractivity contribution in [2.45, 2.75) is 24.3 Å². The van der Waals surface area contributed by atoms with Gasteiger partial charge in [0, 0.05) is 5.41 Å². The van der Waals surface area contributed by atoms with Crippen LogP contribution in [0.2, 0.25) is 0 Å². The van der Waals surface area contributed by atoms with Gasteiger partial charge in [0.15, 0.2) is 0 Å². The number of carbonyl (C=O) groups is 1. The zero-order chi connectivity index (χ0) is 12.6. The third-order valence-electron chi connectivity index (χ3n) is 3.15. The third-order valence-corrected chi connectivity index (χ3v) is 3.15. The van der Waals surface area contributed by atoms with Crippen LogP contribution < -0.4 is 5.73 Å². The summed E-state index contributed by atoms with van der Waals surface area (Å²) in [5, 5.41) is 17.0. The number of aromatic amines is 1. The Bertz CT molecular complexity index is 465. The summed E-state index contributed by atoms with van der Waals surface area (Å²) >= 11 is 0. The van der Waals surface area contributed by atoms with Gasteiger partial charge in [-0.2, -0.15) is 5.10 Å². The van der Waals surface area contributed by atoms with Crippen molar-refractivity contribution in [3.63, 3.8) is 0 Å². The molecule has 1 unspecified atom stereocenters. The van der Waals surface area contributed by atoms with Crippen LogP contribution in [0.3, 0.4) is 0 Å². The van der Waals surface area contributed by atoms with Crippen molar-refractivity contribution in [2.24, 2.45) is 5.73 Å². The highest BCUT2D eigenvalue weighted by Crippen LogP contribution is 2.52. The molecule has 1 aliphatic carbocycles. The number of methoxy groups -OCH3 is 1. The van der Waals surface area contributed by atoms with Crippen molar-refractivity contribution in [1.82, 2.24) is 10.2 Å². The molecule has 0 spiro atoms. The number of esters is 1. The SMILES string of the molecule is COC(=O)C(N)C1(c2[nH]ncc2[N+](=O)[O-])CC1. The quantitative estimate of drug-likeness (QED) is 0.428. The van der Waals surface area contributed by atoms with E-state index in [9.17, 15) is 14.9 Å². The summed E-state index contributed by atoms with van der Waals surface area (Å²) in [5.74, 6) is -0.577. The molecular formula is C9H12N4O4. The van der Waals surface area contributed by atoms with Gasteiger partial charge in [0.2, 0.25) is 0 Å². The summed E-state index contributed by atoms with van der Waals surface area (Å²) in [7, 11) is 1.24. The molecule has 0 amide bonds. The summed E-state index contributed by atoms with van der Waals surface area (Å²) in [6.07, 6.45) is 2.33. The van der Waals surface area contributed by atoms with Crippen molar-refractivity contribution in [1.29, 1.82) is 0 Å². The maximum Gasteiger partial charge on any atom is 0.323 e. The molecule has 8 heteroatoms. The van der Waals surface area contributed by atoms with E-state index in [4.69, 9.17) is 5.73 Å². The number of H-pyrrole nitrogens is 1. The van der Waals surface area contributed by atoms with Gasteiger partial charge in [-0.25, -0.2) is 0 Å². The van der Waals surface area contributed by atoms with E-state index in [0.717, 1.165) is 6.20 Å². The average molecular weight is 240 g/mol. The number of hydrogen-bond donors (Lipinski definition) is 2. The predicted octanol–water partition coefficient (Wildman–Crippen LogP) is -0.150. The molecule has 1 aromatic rings. The summed E-state index contributed by atoms with van der Waals surface area (Å²) in [5.41, 5.74) is 5.22. The van der Waals surface area contributed by atoms with Gasteiger partial charge in [0.1, 0.15) is 17.9 Å². The Hall–Kier alpha value is -1.96. The Morgan fingerprint density at radius 2 is 2.41 bits per heavy atom. The Labute approximate surface area is 96.3 Å². The number of ether oxygens (including phenoxy) is 1. The van der Waals surface area contributed by atoms with Gasteiger partial charge < -0.3 is 10.5 Å². The normalized spacial score (nSPS) is 18.5. The first kappa shape index (κ1) is 11.5. The van der Waals surface area contributed by atoms with Crippen molar-refractivity contribution in [3.8, 4) is 0 Å². The summed E-state index contributed by atoms with van der Waals surface area (Å²) in [6.45, 7) is 0. The van der Waals surface area contributed by atoms with E-state index < -0.39 is 22.3 Å². The van der Waals surface area contributed by atoms with Crippen LogP contribution in [0, 0.1) is 10.1 Å². The smallest absolute Gasteiger partial charge is 0.323 e. The highest BCUT2D eigenvalue weighted by Gasteiger charge is 2.57. The van der Waals surface area contributed by atoms with Crippen molar-refractivity contribution < 1.29 is 14.5 Å². The van der Waals surface area contributed by atoms with E-state index >= 15 is 0 Å². The molecule has 0 radical (unpaired) electrons. The monoisotopic (exact) mass is 240 g/mol. The van der Waals surface area contributed by atoms with Crippen LogP contribution in [-0.4, -0.2) is 34.2 Å². The van der Waals surface area contributed by atoms with E-state index in [2.05, 4.69) is 14.9 Å². The zero-order valence-corrected chi connectivity index (χ0v) is 9.17. The molecule has 1 heterocycles. The van der Waals surface area contributed by atoms with E-state index in [1.54, 1.807) is 0 Å². The molecule has 17 heavy (non-hydrogen) atoms. The third kappa shape index (κ3) is 1.66. The lowest BCUT2D eigenvalue weighted by atomic mass is 9.92. The maximum atomic E-state index is 11.4. The van der Waals surface area contributed by atoms with Gasteiger partial charge in [0.05, 0.1) is 12.0 Å². The minimum Gasteiger partial charge on any atom is -0.468 e. The maximum absolute atomic E-state index is 11.4. The van der Waals surface area contributed by atoms with Gasteiger partial charge in [-0.1, -0.05) is 0 Å². The lowest BCUT2D eigenvalue weighted by Gasteiger charge is -2.18. The number of nitrogens with zero attached hydrogens (tertiary/aromatic N) is 2. The molecule has 8 nitrogen and oxygen atoms in total. The lowest BCUT2D eigenvalue weighted by Crippen LogP contribution is -2.43. The van der Waals surface area contributed by atoms with Crippen LogP contribution in [0.15, 0.2) is 6.20 Å². The lowest BCUT2D eigenvalue weighted by molar-refractivity contribution is -0.385. The molecule has 3 N–H and O–H groups in total. The van der Waals surface area contributed by atoms with Crippen LogP contribution in [0.5, 0.6) is 0 Å². The number of carbonyl (C=O) groups excluding carboxylic acids is 1. The van der Waals surface area contributed by atoms with Crippen LogP contribution in [0.4, 0.5) is 5.69 Å². The van der Waals surface area contributed by atoms with Crippen LogP contribution in [0.25, 0.3) is 0 Å². The molecule has 0 bridgehead atoms. The Balaban J connectivity index is 2.36. The first-order valence-electron chi connectivity index (χ1n) is 5.04. The van der Waals surface area contributed by atoms with Crippen LogP contribution >= 0.6 is 0 Å². The number of nitrogens with two attached hydrogens (primary N) is 1. The standard InChI is InChI=1S/C9H12N4O4/c1-17-8(14)6(10)9(2-3-9)7-5(13(15)16)4-11-12-7/h4,6H,2-3,10H2,1H3,(H,11,12). The van der Waals surface area contributed by atoms with Gasteiger partial charge >= 0.3 is 11.7 Å². The minimum atomic E-state index is -0.911. The predicted molar refractivity (Wildman–Crippen MR) is 56.1 cm³/mol. The van der Waals surface area contributed by atoms with Crippen molar-refractivity contribution in [3.05, 3.63) is 22.0 Å². The second kappa shape index (κ2) is 3.81. The number of aromatic nitrogens is 2. The Morgan fingerprint density at radius 1 is 1.76 bits per heavy atom. The summed E-state index contributed by atoms with van der Waals surface area (Å²) in [6, 6.07) is -0.911. The minimum absolute atomic E-state index is 0.137. The fourth-order valence-electron chi connectivity index (χ4n) is 1.99. The van der Waals surface area contributed by atoms with E-state index in [0.29, 0.717) is 18.5 Å². The highest BCUT2D eigenvalue weighted by atomic mass is 16.6. The number of nitro groups is 1. The number of nitrogens with one attached hydrogen (secondary N) is 1. The molecule has 0 aliphatic heterocycles. The molecule has 1 aliphatic rings. The molecule has 1 fully saturated rings. The van der Waals surface area contributed by atoms with Crippen molar-refractivity contribution in [2.75, 3.05) is 7.11 Å². The molecule has 1 aromatic heterocycles. The average Bonchev–Trinajstić information content (AvgIpc) is 2.96. The largest absolute Gasteiger partial charge is 0.468 e. The topological polar surface area (TPSA) is 124 Å². The Morgan fingerprint density at radius 3 is 2.88 bits per heavy atom. The van der Waals surface area contributed by atoms with Gasteiger partial charge in [-0.3, -0.25) is 20.0 Å². The van der Waals surface area contributed by atoms with Crippen molar-refractivity contribution >= 4 is 11.7 Å². The van der Waals surface area contributed by atoms with E-state index in [-0.39, 0.29) is 5.69 Å². The van der Waals surface area contributed by atoms with E-state index in [1.807, 2.05) is 0 Å². The van der Waals surface area contributed by atoms with Crippen LogP contribution in [-0.2, 0) is 14.9 Å². The Kier molecular flexibility index (Phi) is 2.58. The fraction of sp³-hybridized carbons (Fsp3) is 0.556. The first-order chi connectivity index (χ1) is 8.03. The number of hydrogen-bond acceptors (Lipinski definition) is 6. The molecule has 1 saturated carbocycles. The van der Waals surface area contributed by atoms with Crippen LogP contribution in [0.1, 0.15) is 18.5 Å². The second-order valence-electron chi connectivity index (χ2n) is 4.04. The molecule has 0 aromatic carbocycles. The van der Waals surface area contributed by atoms with Gasteiger partial charge in [-0.15, -0.1) is 0 Å². The van der Waals surface area contributed by atoms with E-state index in [1.165, 1.54) is 7.11 Å². The highest BCUT2D eigenvalue weighted by molar-refractivity contribution is 5.79. The zero-order valence-electron chi connectivity index (χ0n) is 9.17. The number of rotatable bonds is 4. The van der Waals surface area contributed by atoms with Gasteiger partial charge in [0.25, 0.3) is 0 Å². The summed E-state index contributed by atoms with van der Waals surface area (Å²) < 4.78 is 4.57. The second-order valence-corrected chi connectivity index (χ2v) is 4.04.